The molecule has 0 unspecified atom stereocenters. The highest BCUT2D eigenvalue weighted by Crippen LogP contribution is 2.40. The van der Waals surface area contributed by atoms with Crippen molar-refractivity contribution in [3.63, 3.8) is 0 Å². The average Bonchev–Trinajstić information content (AvgIpc) is 2.48. The first-order valence-electron chi connectivity index (χ1n) is 7.95. The Morgan fingerprint density at radius 3 is 2.17 bits per heavy atom. The summed E-state index contributed by atoms with van der Waals surface area (Å²) in [7, 11) is -1.98. The fraction of sp³-hybridized carbons (Fsp3) is 0.368. The lowest BCUT2D eigenvalue weighted by molar-refractivity contribution is 0.301. The van der Waals surface area contributed by atoms with Crippen molar-refractivity contribution in [2.75, 3.05) is 0 Å². The Morgan fingerprint density at radius 2 is 1.58 bits per heavy atom. The van der Waals surface area contributed by atoms with Crippen LogP contribution in [0.5, 0.6) is 11.5 Å². The second kappa shape index (κ2) is 7.38. The predicted octanol–water partition coefficient (Wildman–Crippen LogP) is 6.96. The van der Waals surface area contributed by atoms with E-state index in [0.717, 1.165) is 17.1 Å². The van der Waals surface area contributed by atoms with E-state index in [1.807, 2.05) is 42.5 Å². The summed E-state index contributed by atoms with van der Waals surface area (Å²) in [4.78, 5) is 0. The van der Waals surface area contributed by atoms with Gasteiger partial charge in [-0.15, -0.1) is 0 Å². The van der Waals surface area contributed by atoms with Crippen molar-refractivity contribution >= 4 is 31.5 Å². The van der Waals surface area contributed by atoms with Gasteiger partial charge < -0.3 is 9.16 Å². The van der Waals surface area contributed by atoms with Crippen molar-refractivity contribution in [3.05, 3.63) is 58.1 Å². The number of para-hydroxylation sites is 1. The fourth-order valence-corrected chi connectivity index (χ4v) is 3.36. The Kier molecular flexibility index (Phi) is 5.90. The van der Waals surface area contributed by atoms with E-state index < -0.39 is 8.32 Å². The highest BCUT2D eigenvalue weighted by Gasteiger charge is 2.39. The minimum Gasteiger partial charge on any atom is -0.542 e. The monoisotopic (exact) mass is 382 g/mol. The standard InChI is InChI=1S/C19H24Cl2O2Si/c1-19(2,3)24(4,5)23-18-14(7-6-8-17(18)21)13-22-16-11-9-15(20)10-12-16/h6-12H,13H2,1-5H3. The Hall–Kier alpha value is -1.16. The van der Waals surface area contributed by atoms with Crippen molar-refractivity contribution < 1.29 is 9.16 Å². The second-order valence-electron chi connectivity index (χ2n) is 7.33. The highest BCUT2D eigenvalue weighted by atomic mass is 35.5. The maximum absolute atomic E-state index is 6.44. The molecule has 0 saturated carbocycles. The van der Waals surface area contributed by atoms with Gasteiger partial charge in [-0.3, -0.25) is 0 Å². The van der Waals surface area contributed by atoms with Crippen LogP contribution in [0, 0.1) is 0 Å². The van der Waals surface area contributed by atoms with Crippen LogP contribution in [0.25, 0.3) is 0 Å². The number of hydrogen-bond acceptors (Lipinski definition) is 2. The van der Waals surface area contributed by atoms with Crippen LogP contribution < -0.4 is 9.16 Å². The Morgan fingerprint density at radius 1 is 0.958 bits per heavy atom. The summed E-state index contributed by atoms with van der Waals surface area (Å²) in [6, 6.07) is 13.1. The predicted molar refractivity (Wildman–Crippen MR) is 105 cm³/mol. The lowest BCUT2D eigenvalue weighted by Crippen LogP contribution is -2.44. The SMILES string of the molecule is CC(C)(C)[Si](C)(C)Oc1c(Cl)cccc1COc1ccc(Cl)cc1. The van der Waals surface area contributed by atoms with Gasteiger partial charge in [0, 0.05) is 10.6 Å². The van der Waals surface area contributed by atoms with Crippen molar-refractivity contribution in [2.24, 2.45) is 0 Å². The zero-order valence-corrected chi connectivity index (χ0v) is 17.3. The first kappa shape index (κ1) is 19.2. The van der Waals surface area contributed by atoms with Crippen LogP contribution in [0.4, 0.5) is 0 Å². The smallest absolute Gasteiger partial charge is 0.250 e. The molecule has 2 nitrogen and oxygen atoms in total. The maximum atomic E-state index is 6.44. The summed E-state index contributed by atoms with van der Waals surface area (Å²) in [5, 5.41) is 1.41. The number of ether oxygens (including phenoxy) is 1. The van der Waals surface area contributed by atoms with Crippen LogP contribution in [0.1, 0.15) is 26.3 Å². The van der Waals surface area contributed by atoms with Gasteiger partial charge in [0.15, 0.2) is 0 Å². The van der Waals surface area contributed by atoms with Crippen LogP contribution in [0.2, 0.25) is 28.2 Å². The Labute approximate surface area is 155 Å². The van der Waals surface area contributed by atoms with Crippen LogP contribution in [-0.2, 0) is 6.61 Å². The first-order valence-corrected chi connectivity index (χ1v) is 11.6. The summed E-state index contributed by atoms with van der Waals surface area (Å²) >= 11 is 12.3. The van der Waals surface area contributed by atoms with Gasteiger partial charge in [0.25, 0.3) is 8.32 Å². The summed E-state index contributed by atoms with van der Waals surface area (Å²) in [6.45, 7) is 11.4. The van der Waals surface area contributed by atoms with E-state index in [9.17, 15) is 0 Å². The number of benzene rings is 2. The molecule has 5 heteroatoms. The van der Waals surface area contributed by atoms with E-state index in [4.69, 9.17) is 32.4 Å². The van der Waals surface area contributed by atoms with Crippen LogP contribution in [0.15, 0.2) is 42.5 Å². The molecule has 0 bridgehead atoms. The molecule has 24 heavy (non-hydrogen) atoms. The molecule has 0 N–H and O–H groups in total. The van der Waals surface area contributed by atoms with E-state index in [1.165, 1.54) is 0 Å². The molecule has 0 heterocycles. The van der Waals surface area contributed by atoms with E-state index in [-0.39, 0.29) is 5.04 Å². The Bertz CT molecular complexity index is 692. The fourth-order valence-electron chi connectivity index (χ4n) is 1.88. The lowest BCUT2D eigenvalue weighted by atomic mass is 10.2. The van der Waals surface area contributed by atoms with Gasteiger partial charge in [0.05, 0.1) is 5.02 Å². The third kappa shape index (κ3) is 4.68. The quantitative estimate of drug-likeness (QED) is 0.520. The van der Waals surface area contributed by atoms with Crippen molar-refractivity contribution in [3.8, 4) is 11.5 Å². The molecule has 0 aromatic heterocycles. The van der Waals surface area contributed by atoms with Gasteiger partial charge in [-0.25, -0.2) is 0 Å². The molecular formula is C19H24Cl2O2Si. The number of halogens is 2. The molecule has 0 aliphatic rings. The van der Waals surface area contributed by atoms with Gasteiger partial charge in [-0.05, 0) is 48.5 Å². The summed E-state index contributed by atoms with van der Waals surface area (Å²) in [5.74, 6) is 1.50. The zero-order valence-electron chi connectivity index (χ0n) is 14.8. The molecule has 0 saturated heterocycles. The topological polar surface area (TPSA) is 18.5 Å². The molecule has 0 aliphatic carbocycles. The van der Waals surface area contributed by atoms with Crippen LogP contribution in [0.3, 0.4) is 0 Å². The zero-order chi connectivity index (χ0) is 18.0. The molecule has 0 amide bonds. The van der Waals surface area contributed by atoms with Gasteiger partial charge >= 0.3 is 0 Å². The van der Waals surface area contributed by atoms with Crippen LogP contribution in [-0.4, -0.2) is 8.32 Å². The normalized spacial score (nSPS) is 12.1. The average molecular weight is 383 g/mol. The first-order chi connectivity index (χ1) is 11.1. The molecule has 2 aromatic carbocycles. The molecule has 2 rings (SSSR count). The van der Waals surface area contributed by atoms with Crippen molar-refractivity contribution in [2.45, 2.75) is 45.5 Å². The summed E-state index contributed by atoms with van der Waals surface area (Å²) in [6.07, 6.45) is 0. The molecule has 0 radical (unpaired) electrons. The molecule has 0 spiro atoms. The summed E-state index contributed by atoms with van der Waals surface area (Å²) < 4.78 is 12.3. The van der Waals surface area contributed by atoms with Gasteiger partial charge in [-0.1, -0.05) is 56.1 Å². The Balaban J connectivity index is 2.22. The van der Waals surface area contributed by atoms with E-state index >= 15 is 0 Å². The van der Waals surface area contributed by atoms with Crippen molar-refractivity contribution in [1.82, 2.24) is 0 Å². The molecule has 2 aromatic rings. The number of rotatable bonds is 5. The lowest BCUT2D eigenvalue weighted by Gasteiger charge is -2.37. The minimum atomic E-state index is -1.98. The van der Waals surface area contributed by atoms with Crippen LogP contribution >= 0.6 is 23.2 Å². The molecule has 0 fully saturated rings. The highest BCUT2D eigenvalue weighted by molar-refractivity contribution is 6.74. The maximum Gasteiger partial charge on any atom is 0.250 e. The van der Waals surface area contributed by atoms with E-state index in [1.54, 1.807) is 0 Å². The third-order valence-electron chi connectivity index (χ3n) is 4.42. The van der Waals surface area contributed by atoms with Crippen molar-refractivity contribution in [1.29, 1.82) is 0 Å². The van der Waals surface area contributed by atoms with Gasteiger partial charge in [-0.2, -0.15) is 0 Å². The third-order valence-corrected chi connectivity index (χ3v) is 9.30. The molecule has 0 aliphatic heterocycles. The van der Waals surface area contributed by atoms with E-state index in [0.29, 0.717) is 16.7 Å². The second-order valence-corrected chi connectivity index (χ2v) is 12.9. The molecule has 0 atom stereocenters. The molecular weight excluding hydrogens is 359 g/mol. The number of hydrogen-bond donors (Lipinski definition) is 0. The molecule has 130 valence electrons. The van der Waals surface area contributed by atoms with E-state index in [2.05, 4.69) is 33.9 Å². The summed E-state index contributed by atoms with van der Waals surface area (Å²) in [5.41, 5.74) is 0.947. The van der Waals surface area contributed by atoms with Gasteiger partial charge in [0.2, 0.25) is 0 Å². The minimum absolute atomic E-state index is 0.0977. The largest absolute Gasteiger partial charge is 0.542 e. The van der Waals surface area contributed by atoms with Gasteiger partial charge in [0.1, 0.15) is 18.1 Å².